The molecule has 0 aliphatic rings. The topological polar surface area (TPSA) is 38.3 Å². The van der Waals surface area contributed by atoms with E-state index in [4.69, 9.17) is 4.74 Å². The summed E-state index contributed by atoms with van der Waals surface area (Å²) < 4.78 is 5.54. The number of carbonyl (C=O) groups is 1. The standard InChI is InChI=1S/C21H27NO2/c1-4-5-6-18-8-11-20(12-9-18)22-21(23)15-24-14-19-10-7-16(2)13-17(19)3/h7-13H,4-6,14-15H2,1-3H3,(H,22,23). The minimum Gasteiger partial charge on any atom is -0.367 e. The zero-order valence-corrected chi connectivity index (χ0v) is 14.9. The van der Waals surface area contributed by atoms with Crippen molar-refractivity contribution in [2.24, 2.45) is 0 Å². The first-order valence-electron chi connectivity index (χ1n) is 8.61. The van der Waals surface area contributed by atoms with Crippen LogP contribution in [-0.4, -0.2) is 12.5 Å². The third kappa shape index (κ3) is 5.82. The molecule has 2 rings (SSSR count). The second-order valence-electron chi connectivity index (χ2n) is 6.27. The predicted molar refractivity (Wildman–Crippen MR) is 99.3 cm³/mol. The molecule has 0 bridgehead atoms. The fourth-order valence-corrected chi connectivity index (χ4v) is 2.59. The lowest BCUT2D eigenvalue weighted by atomic mass is 10.1. The Labute approximate surface area is 145 Å². The molecule has 0 aliphatic carbocycles. The molecule has 1 amide bonds. The number of benzene rings is 2. The van der Waals surface area contributed by atoms with Crippen LogP contribution in [-0.2, 0) is 22.6 Å². The number of ether oxygens (including phenoxy) is 1. The normalized spacial score (nSPS) is 10.6. The van der Waals surface area contributed by atoms with Gasteiger partial charge in [-0.25, -0.2) is 0 Å². The molecule has 0 fully saturated rings. The zero-order chi connectivity index (χ0) is 17.4. The summed E-state index contributed by atoms with van der Waals surface area (Å²) in [5, 5.41) is 2.87. The van der Waals surface area contributed by atoms with Crippen molar-refractivity contribution in [2.45, 2.75) is 46.6 Å². The Kier molecular flexibility index (Phi) is 7.01. The first-order valence-corrected chi connectivity index (χ1v) is 8.61. The summed E-state index contributed by atoms with van der Waals surface area (Å²) in [6.45, 7) is 6.83. The van der Waals surface area contributed by atoms with Crippen molar-refractivity contribution >= 4 is 11.6 Å². The van der Waals surface area contributed by atoms with Crippen molar-refractivity contribution in [1.82, 2.24) is 0 Å². The molecule has 128 valence electrons. The van der Waals surface area contributed by atoms with Crippen LogP contribution in [0.2, 0.25) is 0 Å². The fourth-order valence-electron chi connectivity index (χ4n) is 2.59. The second-order valence-corrected chi connectivity index (χ2v) is 6.27. The second kappa shape index (κ2) is 9.24. The van der Waals surface area contributed by atoms with Gasteiger partial charge in [-0.15, -0.1) is 0 Å². The first-order chi connectivity index (χ1) is 11.6. The summed E-state index contributed by atoms with van der Waals surface area (Å²) in [5.74, 6) is -0.124. The zero-order valence-electron chi connectivity index (χ0n) is 14.9. The minimum atomic E-state index is -0.124. The van der Waals surface area contributed by atoms with Crippen molar-refractivity contribution in [3.8, 4) is 0 Å². The SMILES string of the molecule is CCCCc1ccc(NC(=O)COCc2ccc(C)cc2C)cc1. The summed E-state index contributed by atoms with van der Waals surface area (Å²) in [6, 6.07) is 14.3. The molecule has 0 heterocycles. The molecule has 0 saturated carbocycles. The number of aryl methyl sites for hydroxylation is 3. The fraction of sp³-hybridized carbons (Fsp3) is 0.381. The van der Waals surface area contributed by atoms with Gasteiger partial charge < -0.3 is 10.1 Å². The van der Waals surface area contributed by atoms with Crippen LogP contribution in [0.5, 0.6) is 0 Å². The van der Waals surface area contributed by atoms with Crippen molar-refractivity contribution in [3.63, 3.8) is 0 Å². The van der Waals surface area contributed by atoms with Crippen LogP contribution < -0.4 is 5.32 Å². The van der Waals surface area contributed by atoms with E-state index >= 15 is 0 Å². The van der Waals surface area contributed by atoms with Crippen LogP contribution in [0.25, 0.3) is 0 Å². The monoisotopic (exact) mass is 325 g/mol. The predicted octanol–water partition coefficient (Wildman–Crippen LogP) is 4.80. The van der Waals surface area contributed by atoms with E-state index in [1.54, 1.807) is 0 Å². The molecule has 0 radical (unpaired) electrons. The third-order valence-electron chi connectivity index (χ3n) is 4.05. The summed E-state index contributed by atoms with van der Waals surface area (Å²) in [7, 11) is 0. The summed E-state index contributed by atoms with van der Waals surface area (Å²) in [5.41, 5.74) is 5.67. The van der Waals surface area contributed by atoms with Crippen molar-refractivity contribution < 1.29 is 9.53 Å². The number of carbonyl (C=O) groups excluding carboxylic acids is 1. The number of unbranched alkanes of at least 4 members (excludes halogenated alkanes) is 1. The number of amides is 1. The molecule has 0 atom stereocenters. The lowest BCUT2D eigenvalue weighted by molar-refractivity contribution is -0.121. The van der Waals surface area contributed by atoms with E-state index in [1.165, 1.54) is 29.5 Å². The maximum atomic E-state index is 12.0. The average Bonchev–Trinajstić information content (AvgIpc) is 2.56. The van der Waals surface area contributed by atoms with Crippen LogP contribution in [0, 0.1) is 13.8 Å². The van der Waals surface area contributed by atoms with E-state index in [1.807, 2.05) is 12.1 Å². The number of hydrogen-bond acceptors (Lipinski definition) is 2. The number of rotatable bonds is 8. The number of hydrogen-bond donors (Lipinski definition) is 1. The molecule has 0 aromatic heterocycles. The largest absolute Gasteiger partial charge is 0.367 e. The molecule has 0 aliphatic heterocycles. The highest BCUT2D eigenvalue weighted by Crippen LogP contribution is 2.13. The maximum Gasteiger partial charge on any atom is 0.250 e. The van der Waals surface area contributed by atoms with Gasteiger partial charge in [-0.3, -0.25) is 4.79 Å². The van der Waals surface area contributed by atoms with Gasteiger partial charge in [0.1, 0.15) is 6.61 Å². The molecular formula is C21H27NO2. The molecule has 3 heteroatoms. The van der Waals surface area contributed by atoms with Crippen LogP contribution in [0.3, 0.4) is 0 Å². The summed E-state index contributed by atoms with van der Waals surface area (Å²) >= 11 is 0. The molecule has 2 aromatic rings. The van der Waals surface area contributed by atoms with Crippen molar-refractivity contribution in [2.75, 3.05) is 11.9 Å². The quantitative estimate of drug-likeness (QED) is 0.757. The molecule has 24 heavy (non-hydrogen) atoms. The Hall–Kier alpha value is -2.13. The van der Waals surface area contributed by atoms with Gasteiger partial charge in [0.05, 0.1) is 6.61 Å². The van der Waals surface area contributed by atoms with E-state index in [0.717, 1.165) is 17.7 Å². The van der Waals surface area contributed by atoms with Gasteiger partial charge in [-0.1, -0.05) is 49.2 Å². The molecule has 2 aromatic carbocycles. The Morgan fingerprint density at radius 2 is 1.83 bits per heavy atom. The van der Waals surface area contributed by atoms with Gasteiger partial charge in [0.15, 0.2) is 0 Å². The number of nitrogens with one attached hydrogen (secondary N) is 1. The van der Waals surface area contributed by atoms with E-state index in [-0.39, 0.29) is 12.5 Å². The highest BCUT2D eigenvalue weighted by Gasteiger charge is 2.04. The van der Waals surface area contributed by atoms with Gasteiger partial charge in [-0.2, -0.15) is 0 Å². The molecule has 0 spiro atoms. The molecule has 0 saturated heterocycles. The smallest absolute Gasteiger partial charge is 0.250 e. The van der Waals surface area contributed by atoms with E-state index in [0.29, 0.717) is 6.61 Å². The average molecular weight is 325 g/mol. The Morgan fingerprint density at radius 1 is 1.08 bits per heavy atom. The van der Waals surface area contributed by atoms with Gasteiger partial charge in [0, 0.05) is 5.69 Å². The first kappa shape index (κ1) is 18.2. The summed E-state index contributed by atoms with van der Waals surface area (Å²) in [4.78, 5) is 12.0. The highest BCUT2D eigenvalue weighted by molar-refractivity contribution is 5.91. The van der Waals surface area contributed by atoms with Crippen molar-refractivity contribution in [3.05, 3.63) is 64.7 Å². The van der Waals surface area contributed by atoms with Crippen LogP contribution in [0.15, 0.2) is 42.5 Å². The lowest BCUT2D eigenvalue weighted by Gasteiger charge is -2.09. The van der Waals surface area contributed by atoms with Crippen LogP contribution in [0.4, 0.5) is 5.69 Å². The molecule has 3 nitrogen and oxygen atoms in total. The van der Waals surface area contributed by atoms with Crippen molar-refractivity contribution in [1.29, 1.82) is 0 Å². The summed E-state index contributed by atoms with van der Waals surface area (Å²) in [6.07, 6.45) is 3.47. The maximum absolute atomic E-state index is 12.0. The Balaban J connectivity index is 1.76. The van der Waals surface area contributed by atoms with Gasteiger partial charge in [0.25, 0.3) is 0 Å². The van der Waals surface area contributed by atoms with Gasteiger partial charge in [0.2, 0.25) is 5.91 Å². The van der Waals surface area contributed by atoms with Gasteiger partial charge >= 0.3 is 0 Å². The molecule has 1 N–H and O–H groups in total. The van der Waals surface area contributed by atoms with E-state index in [2.05, 4.69) is 56.4 Å². The van der Waals surface area contributed by atoms with E-state index < -0.39 is 0 Å². The van der Waals surface area contributed by atoms with Crippen LogP contribution >= 0.6 is 0 Å². The third-order valence-corrected chi connectivity index (χ3v) is 4.05. The van der Waals surface area contributed by atoms with E-state index in [9.17, 15) is 4.79 Å². The molecular weight excluding hydrogens is 298 g/mol. The Morgan fingerprint density at radius 3 is 2.50 bits per heavy atom. The van der Waals surface area contributed by atoms with Crippen LogP contribution in [0.1, 0.15) is 42.0 Å². The molecule has 0 unspecified atom stereocenters. The Bertz CT molecular complexity index is 662. The number of anilines is 1. The van der Waals surface area contributed by atoms with Gasteiger partial charge in [-0.05, 0) is 55.5 Å². The lowest BCUT2D eigenvalue weighted by Crippen LogP contribution is -2.18. The minimum absolute atomic E-state index is 0.0604. The highest BCUT2D eigenvalue weighted by atomic mass is 16.5.